The number of ether oxygens (including phenoxy) is 4. The van der Waals surface area contributed by atoms with Gasteiger partial charge in [-0.3, -0.25) is 4.90 Å². The van der Waals surface area contributed by atoms with Crippen molar-refractivity contribution in [2.24, 2.45) is 0 Å². The Hall–Kier alpha value is -4.22. The van der Waals surface area contributed by atoms with Crippen LogP contribution in [0.15, 0.2) is 66.7 Å². The Kier molecular flexibility index (Phi) is 11.2. The van der Waals surface area contributed by atoms with Gasteiger partial charge in [-0.1, -0.05) is 24.3 Å². The Bertz CT molecular complexity index is 1560. The summed E-state index contributed by atoms with van der Waals surface area (Å²) in [6.45, 7) is 6.70. The number of thiocarbonyl (C=S) groups is 1. The van der Waals surface area contributed by atoms with E-state index in [1.807, 2.05) is 48.5 Å². The summed E-state index contributed by atoms with van der Waals surface area (Å²) in [5, 5.41) is 20.5. The van der Waals surface area contributed by atoms with Crippen LogP contribution in [0.4, 0.5) is 24.5 Å². The molecular weight excluding hydrogens is 623 g/mol. The lowest BCUT2D eigenvalue weighted by Crippen LogP contribution is -2.47. The van der Waals surface area contributed by atoms with Crippen molar-refractivity contribution in [3.63, 3.8) is 0 Å². The lowest BCUT2D eigenvalue weighted by atomic mass is 10.00. The number of halogens is 3. The topological polar surface area (TPSA) is 104 Å². The van der Waals surface area contributed by atoms with Crippen LogP contribution < -0.4 is 14.5 Å². The number of aliphatic hydroxyl groups is 1. The lowest BCUT2D eigenvalue weighted by Gasteiger charge is -2.33. The fourth-order valence-electron chi connectivity index (χ4n) is 4.94. The van der Waals surface area contributed by atoms with Crippen LogP contribution in [-0.4, -0.2) is 67.6 Å². The molecule has 1 fully saturated rings. The van der Waals surface area contributed by atoms with E-state index in [-0.39, 0.29) is 24.0 Å². The van der Waals surface area contributed by atoms with Gasteiger partial charge in [0.2, 0.25) is 0 Å². The number of esters is 1. The van der Waals surface area contributed by atoms with Crippen LogP contribution in [0.25, 0.3) is 11.1 Å². The molecule has 1 aliphatic heterocycles. The summed E-state index contributed by atoms with van der Waals surface area (Å²) in [4.78, 5) is 14.2. The number of aliphatic hydroxyl groups excluding tert-OH is 1. The minimum atomic E-state index is -4.75. The number of hydrogen-bond donors (Lipinski definition) is 1. The first kappa shape index (κ1) is 34.6. The maximum Gasteiger partial charge on any atom is 0.417 e. The average Bonchev–Trinajstić information content (AvgIpc) is 3.20. The van der Waals surface area contributed by atoms with Crippen molar-refractivity contribution >= 4 is 34.7 Å². The lowest BCUT2D eigenvalue weighted by molar-refractivity contribution is -0.149. The van der Waals surface area contributed by atoms with Gasteiger partial charge in [0.25, 0.3) is 0 Å². The highest BCUT2D eigenvalue weighted by Crippen LogP contribution is 2.41. The third-order valence-corrected chi connectivity index (χ3v) is 7.64. The first-order valence-corrected chi connectivity index (χ1v) is 14.9. The van der Waals surface area contributed by atoms with Crippen molar-refractivity contribution in [2.75, 3.05) is 49.4 Å². The number of rotatable bonds is 13. The molecule has 1 saturated heterocycles. The van der Waals surface area contributed by atoms with Crippen LogP contribution in [0.5, 0.6) is 5.75 Å². The molecule has 0 saturated carbocycles. The van der Waals surface area contributed by atoms with Crippen LogP contribution in [0.3, 0.4) is 0 Å². The molecule has 244 valence electrons. The second-order valence-electron chi connectivity index (χ2n) is 10.7. The molecule has 1 N–H and O–H groups in total. The molecule has 0 bridgehead atoms. The maximum atomic E-state index is 13.6. The van der Waals surface area contributed by atoms with E-state index in [0.717, 1.165) is 23.3 Å². The van der Waals surface area contributed by atoms with Gasteiger partial charge in [0, 0.05) is 11.4 Å². The predicted octanol–water partition coefficient (Wildman–Crippen LogP) is 5.93. The molecule has 0 radical (unpaired) electrons. The Morgan fingerprint density at radius 3 is 2.15 bits per heavy atom. The smallest absolute Gasteiger partial charge is 0.417 e. The Morgan fingerprint density at radius 1 is 0.957 bits per heavy atom. The predicted molar refractivity (Wildman–Crippen MR) is 169 cm³/mol. The first-order valence-electron chi connectivity index (χ1n) is 14.5. The van der Waals surface area contributed by atoms with Gasteiger partial charge in [0.15, 0.2) is 11.3 Å². The molecule has 0 aromatic heterocycles. The zero-order chi connectivity index (χ0) is 33.5. The molecule has 1 heterocycles. The van der Waals surface area contributed by atoms with Gasteiger partial charge in [0.1, 0.15) is 19.0 Å². The Morgan fingerprint density at radius 2 is 1.54 bits per heavy atom. The molecule has 0 spiro atoms. The second-order valence-corrected chi connectivity index (χ2v) is 11.1. The number of benzene rings is 3. The van der Waals surface area contributed by atoms with E-state index >= 15 is 0 Å². The molecule has 0 aliphatic carbocycles. The molecular formula is C33H34F3N3O6S. The van der Waals surface area contributed by atoms with Gasteiger partial charge < -0.3 is 29.0 Å². The summed E-state index contributed by atoms with van der Waals surface area (Å²) in [6, 6.07) is 19.8. The number of anilines is 2. The summed E-state index contributed by atoms with van der Waals surface area (Å²) < 4.78 is 62.0. The molecule has 3 aromatic carbocycles. The molecule has 3 aromatic rings. The Balaban J connectivity index is 1.36. The maximum absolute atomic E-state index is 13.6. The van der Waals surface area contributed by atoms with Crippen molar-refractivity contribution in [3.8, 4) is 22.9 Å². The summed E-state index contributed by atoms with van der Waals surface area (Å²) in [7, 11) is 0. The van der Waals surface area contributed by atoms with Crippen LogP contribution in [0.1, 0.15) is 31.9 Å². The minimum Gasteiger partial charge on any atom is -0.491 e. The number of alkyl halides is 3. The van der Waals surface area contributed by atoms with Crippen molar-refractivity contribution in [1.29, 1.82) is 5.26 Å². The number of carbonyl (C=O) groups is 1. The van der Waals surface area contributed by atoms with E-state index in [1.54, 1.807) is 31.7 Å². The highest BCUT2D eigenvalue weighted by atomic mass is 32.1. The molecule has 4 rings (SSSR count). The fraction of sp³-hybridized carbons (Fsp3) is 0.364. The molecule has 9 nitrogen and oxygen atoms in total. The number of hydrogen-bond acceptors (Lipinski definition) is 8. The van der Waals surface area contributed by atoms with Gasteiger partial charge >= 0.3 is 12.1 Å². The third-order valence-electron chi connectivity index (χ3n) is 7.26. The summed E-state index contributed by atoms with van der Waals surface area (Å²) in [5.74, 6) is 0.253. The van der Waals surface area contributed by atoms with E-state index in [0.29, 0.717) is 37.9 Å². The summed E-state index contributed by atoms with van der Waals surface area (Å²) in [6.07, 6.45) is -6.02. The van der Waals surface area contributed by atoms with E-state index in [2.05, 4.69) is 0 Å². The zero-order valence-corrected chi connectivity index (χ0v) is 26.4. The molecule has 13 heteroatoms. The molecule has 1 unspecified atom stereocenters. The van der Waals surface area contributed by atoms with Crippen LogP contribution in [-0.2, 0) is 25.2 Å². The van der Waals surface area contributed by atoms with Crippen LogP contribution in [0, 0.1) is 11.3 Å². The molecule has 1 aliphatic rings. The highest BCUT2D eigenvalue weighted by Gasteiger charge is 2.50. The van der Waals surface area contributed by atoms with Crippen molar-refractivity contribution in [1.82, 2.24) is 0 Å². The van der Waals surface area contributed by atoms with E-state index < -0.39 is 35.0 Å². The zero-order valence-electron chi connectivity index (χ0n) is 25.5. The SMILES string of the molecule is CCOC(=O)COCCOCCOc1ccc(-c2ccc(N3C(=S)N(c4ccc(C#N)c(C(F)(F)F)c4)C(O)C3(C)C)cc2)cc1. The summed E-state index contributed by atoms with van der Waals surface area (Å²) in [5.41, 5.74) is -0.0886. The molecule has 1 atom stereocenters. The first-order chi connectivity index (χ1) is 21.9. The monoisotopic (exact) mass is 657 g/mol. The highest BCUT2D eigenvalue weighted by molar-refractivity contribution is 7.80. The van der Waals surface area contributed by atoms with Crippen LogP contribution >= 0.6 is 12.2 Å². The molecule has 0 amide bonds. The van der Waals surface area contributed by atoms with Gasteiger partial charge in [-0.15, -0.1) is 0 Å². The number of nitrogens with zero attached hydrogens (tertiary/aromatic N) is 3. The van der Waals surface area contributed by atoms with Crippen molar-refractivity contribution in [3.05, 3.63) is 77.9 Å². The van der Waals surface area contributed by atoms with Gasteiger partial charge in [-0.05, 0) is 86.6 Å². The van der Waals surface area contributed by atoms with Gasteiger partial charge in [-0.2, -0.15) is 18.4 Å². The van der Waals surface area contributed by atoms with E-state index in [9.17, 15) is 23.1 Å². The normalized spacial score (nSPS) is 16.0. The minimum absolute atomic E-state index is 0.0324. The fourth-order valence-corrected chi connectivity index (χ4v) is 5.49. The number of nitriles is 1. The standard InChI is InChI=1S/C33H34F3N3O6S/c1-4-44-29(40)21-43-16-15-42-17-18-45-27-13-8-23(9-14-27)22-5-10-25(11-6-22)39-31(46)38(30(41)32(39,2)3)26-12-7-24(20-37)28(19-26)33(34,35)36/h5-14,19,30,41H,4,15-18,21H2,1-3H3. The largest absolute Gasteiger partial charge is 0.491 e. The van der Waals surface area contributed by atoms with Crippen LogP contribution in [0.2, 0.25) is 0 Å². The average molecular weight is 658 g/mol. The third kappa shape index (κ3) is 7.94. The molecule has 46 heavy (non-hydrogen) atoms. The van der Waals surface area contributed by atoms with E-state index in [1.165, 1.54) is 11.0 Å². The second kappa shape index (κ2) is 14.9. The van der Waals surface area contributed by atoms with Crippen molar-refractivity contribution < 1.29 is 42.0 Å². The number of carbonyl (C=O) groups excluding carboxylic acids is 1. The summed E-state index contributed by atoms with van der Waals surface area (Å²) >= 11 is 5.68. The van der Waals surface area contributed by atoms with E-state index in [4.69, 9.17) is 36.4 Å². The Labute approximate surface area is 270 Å². The quantitative estimate of drug-likeness (QED) is 0.135. The van der Waals surface area contributed by atoms with Gasteiger partial charge in [-0.25, -0.2) is 4.79 Å². The van der Waals surface area contributed by atoms with Crippen molar-refractivity contribution in [2.45, 2.75) is 38.7 Å². The van der Waals surface area contributed by atoms with Gasteiger partial charge in [0.05, 0.1) is 49.2 Å².